The molecule has 4 nitrogen and oxygen atoms in total. The van der Waals surface area contributed by atoms with Gasteiger partial charge in [0.1, 0.15) is 0 Å². The summed E-state index contributed by atoms with van der Waals surface area (Å²) in [5, 5.41) is 3.70. The smallest absolute Gasteiger partial charge is 0.255 e. The van der Waals surface area contributed by atoms with Gasteiger partial charge in [0.25, 0.3) is 5.91 Å². The molecule has 1 fully saturated rings. The van der Waals surface area contributed by atoms with Gasteiger partial charge in [0.2, 0.25) is 0 Å². The molecule has 0 aromatic heterocycles. The van der Waals surface area contributed by atoms with Gasteiger partial charge in [0.05, 0.1) is 11.4 Å². The summed E-state index contributed by atoms with van der Waals surface area (Å²) < 4.78 is 0. The maximum Gasteiger partial charge on any atom is 0.255 e. The van der Waals surface area contributed by atoms with Crippen LogP contribution in [0, 0.1) is 13.8 Å². The number of carbonyl (C=O) groups excluding carboxylic acids is 1. The van der Waals surface area contributed by atoms with E-state index < -0.39 is 0 Å². The molecule has 1 heterocycles. The Labute approximate surface area is 160 Å². The quantitative estimate of drug-likeness (QED) is 0.867. The van der Waals surface area contributed by atoms with Crippen molar-refractivity contribution < 1.29 is 4.79 Å². The van der Waals surface area contributed by atoms with Crippen molar-refractivity contribution >= 4 is 28.9 Å². The zero-order valence-corrected chi connectivity index (χ0v) is 16.4. The maximum absolute atomic E-state index is 12.9. The van der Waals surface area contributed by atoms with Crippen LogP contribution >= 0.6 is 11.6 Å². The van der Waals surface area contributed by atoms with Crippen LogP contribution in [0.15, 0.2) is 36.4 Å². The van der Waals surface area contributed by atoms with Crippen LogP contribution in [0.2, 0.25) is 5.02 Å². The van der Waals surface area contributed by atoms with E-state index in [1.54, 1.807) is 0 Å². The molecule has 0 bridgehead atoms. The SMILES string of the molecule is CCN1CCN(c2ccc(Cl)cc2NC(=O)c2cccc(C)c2C)CC1. The number of piperazine rings is 1. The number of hydrogen-bond acceptors (Lipinski definition) is 3. The van der Waals surface area contributed by atoms with E-state index in [-0.39, 0.29) is 5.91 Å². The van der Waals surface area contributed by atoms with Crippen molar-refractivity contribution in [2.75, 3.05) is 42.9 Å². The Morgan fingerprint density at radius 1 is 1.12 bits per heavy atom. The number of halogens is 1. The van der Waals surface area contributed by atoms with E-state index in [1.165, 1.54) is 0 Å². The number of amides is 1. The van der Waals surface area contributed by atoms with Gasteiger partial charge in [-0.2, -0.15) is 0 Å². The van der Waals surface area contributed by atoms with Crippen molar-refractivity contribution in [3.63, 3.8) is 0 Å². The third kappa shape index (κ3) is 4.02. The van der Waals surface area contributed by atoms with Gasteiger partial charge in [-0.05, 0) is 55.8 Å². The minimum absolute atomic E-state index is 0.0955. The van der Waals surface area contributed by atoms with Crippen LogP contribution < -0.4 is 10.2 Å². The first kappa shape index (κ1) is 18.7. The van der Waals surface area contributed by atoms with E-state index in [2.05, 4.69) is 22.0 Å². The van der Waals surface area contributed by atoms with Crippen LogP contribution in [0.25, 0.3) is 0 Å². The lowest BCUT2D eigenvalue weighted by molar-refractivity contribution is 0.102. The minimum atomic E-state index is -0.0955. The molecule has 0 unspecified atom stereocenters. The van der Waals surface area contributed by atoms with Gasteiger partial charge < -0.3 is 15.1 Å². The molecule has 0 aliphatic carbocycles. The molecule has 0 saturated carbocycles. The highest BCUT2D eigenvalue weighted by atomic mass is 35.5. The lowest BCUT2D eigenvalue weighted by atomic mass is 10.0. The third-order valence-corrected chi connectivity index (χ3v) is 5.45. The number of rotatable bonds is 4. The van der Waals surface area contributed by atoms with E-state index in [1.807, 2.05) is 50.2 Å². The van der Waals surface area contributed by atoms with Crippen LogP contribution in [0.1, 0.15) is 28.4 Å². The molecule has 26 heavy (non-hydrogen) atoms. The summed E-state index contributed by atoms with van der Waals surface area (Å²) in [5.41, 5.74) is 4.62. The lowest BCUT2D eigenvalue weighted by Gasteiger charge is -2.36. The number of aryl methyl sites for hydroxylation is 1. The van der Waals surface area contributed by atoms with Gasteiger partial charge in [-0.15, -0.1) is 0 Å². The predicted molar refractivity (Wildman–Crippen MR) is 110 cm³/mol. The Kier molecular flexibility index (Phi) is 5.84. The first-order valence-electron chi connectivity index (χ1n) is 9.14. The average Bonchev–Trinajstić information content (AvgIpc) is 2.64. The Balaban J connectivity index is 1.84. The van der Waals surface area contributed by atoms with Crippen molar-refractivity contribution in [2.45, 2.75) is 20.8 Å². The lowest BCUT2D eigenvalue weighted by Crippen LogP contribution is -2.46. The molecular formula is C21H26ClN3O. The number of carbonyl (C=O) groups is 1. The second-order valence-electron chi connectivity index (χ2n) is 6.78. The summed E-state index contributed by atoms with van der Waals surface area (Å²) in [6.45, 7) is 11.2. The van der Waals surface area contributed by atoms with Crippen LogP contribution in [-0.2, 0) is 0 Å². The molecule has 1 saturated heterocycles. The van der Waals surface area contributed by atoms with Crippen LogP contribution in [0.5, 0.6) is 0 Å². The van der Waals surface area contributed by atoms with Crippen LogP contribution in [0.4, 0.5) is 11.4 Å². The number of likely N-dealkylation sites (N-methyl/N-ethyl adjacent to an activating group) is 1. The number of hydrogen-bond donors (Lipinski definition) is 1. The summed E-state index contributed by atoms with van der Waals surface area (Å²) in [5.74, 6) is -0.0955. The average molecular weight is 372 g/mol. The van der Waals surface area contributed by atoms with E-state index in [0.717, 1.165) is 55.2 Å². The molecule has 1 aliphatic heterocycles. The molecular weight excluding hydrogens is 346 g/mol. The fourth-order valence-corrected chi connectivity index (χ4v) is 3.55. The zero-order chi connectivity index (χ0) is 18.7. The number of anilines is 2. The minimum Gasteiger partial charge on any atom is -0.367 e. The molecule has 2 aromatic rings. The van der Waals surface area contributed by atoms with Crippen molar-refractivity contribution in [3.05, 3.63) is 58.1 Å². The summed E-state index contributed by atoms with van der Waals surface area (Å²) in [4.78, 5) is 17.6. The third-order valence-electron chi connectivity index (χ3n) is 5.22. The number of benzene rings is 2. The monoisotopic (exact) mass is 371 g/mol. The Hall–Kier alpha value is -2.04. The number of nitrogens with one attached hydrogen (secondary N) is 1. The highest BCUT2D eigenvalue weighted by Gasteiger charge is 2.20. The summed E-state index contributed by atoms with van der Waals surface area (Å²) >= 11 is 6.21. The van der Waals surface area contributed by atoms with Crippen molar-refractivity contribution in [2.24, 2.45) is 0 Å². The van der Waals surface area contributed by atoms with Gasteiger partial charge in [0.15, 0.2) is 0 Å². The fourth-order valence-electron chi connectivity index (χ4n) is 3.38. The first-order chi connectivity index (χ1) is 12.5. The molecule has 2 aromatic carbocycles. The molecule has 0 radical (unpaired) electrons. The second-order valence-corrected chi connectivity index (χ2v) is 7.22. The van der Waals surface area contributed by atoms with E-state index in [0.29, 0.717) is 10.6 Å². The number of nitrogens with zero attached hydrogens (tertiary/aromatic N) is 2. The Morgan fingerprint density at radius 2 is 1.85 bits per heavy atom. The van der Waals surface area contributed by atoms with Gasteiger partial charge >= 0.3 is 0 Å². The molecule has 138 valence electrons. The van der Waals surface area contributed by atoms with E-state index in [4.69, 9.17) is 11.6 Å². The topological polar surface area (TPSA) is 35.6 Å². The summed E-state index contributed by atoms with van der Waals surface area (Å²) in [6.07, 6.45) is 0. The molecule has 1 aliphatic rings. The van der Waals surface area contributed by atoms with Crippen LogP contribution in [0.3, 0.4) is 0 Å². The van der Waals surface area contributed by atoms with Crippen molar-refractivity contribution in [1.82, 2.24) is 4.90 Å². The van der Waals surface area contributed by atoms with Gasteiger partial charge in [-0.25, -0.2) is 0 Å². The molecule has 1 N–H and O–H groups in total. The molecule has 1 amide bonds. The van der Waals surface area contributed by atoms with Crippen LogP contribution in [-0.4, -0.2) is 43.5 Å². The standard InChI is InChI=1S/C21H26ClN3O/c1-4-24-10-12-25(13-11-24)20-9-8-17(22)14-19(20)23-21(26)18-7-5-6-15(2)16(18)3/h5-9,14H,4,10-13H2,1-3H3,(H,23,26). The van der Waals surface area contributed by atoms with E-state index in [9.17, 15) is 4.79 Å². The van der Waals surface area contributed by atoms with Crippen molar-refractivity contribution in [1.29, 1.82) is 0 Å². The molecule has 5 heteroatoms. The normalized spacial score (nSPS) is 15.2. The zero-order valence-electron chi connectivity index (χ0n) is 15.7. The highest BCUT2D eigenvalue weighted by molar-refractivity contribution is 6.31. The second kappa shape index (κ2) is 8.11. The van der Waals surface area contributed by atoms with Gasteiger partial charge in [-0.1, -0.05) is 30.7 Å². The van der Waals surface area contributed by atoms with Gasteiger partial charge in [-0.3, -0.25) is 4.79 Å². The molecule has 0 atom stereocenters. The fraction of sp³-hybridized carbons (Fsp3) is 0.381. The van der Waals surface area contributed by atoms with Gasteiger partial charge in [0, 0.05) is 36.8 Å². The molecule has 0 spiro atoms. The molecule has 3 rings (SSSR count). The summed E-state index contributed by atoms with van der Waals surface area (Å²) in [7, 11) is 0. The van der Waals surface area contributed by atoms with Crippen molar-refractivity contribution in [3.8, 4) is 0 Å². The largest absolute Gasteiger partial charge is 0.367 e. The predicted octanol–water partition coefficient (Wildman–Crippen LogP) is 4.35. The van der Waals surface area contributed by atoms with E-state index >= 15 is 0 Å². The maximum atomic E-state index is 12.9. The Morgan fingerprint density at radius 3 is 2.54 bits per heavy atom. The summed E-state index contributed by atoms with van der Waals surface area (Å²) in [6, 6.07) is 11.5. The first-order valence-corrected chi connectivity index (χ1v) is 9.51. The Bertz CT molecular complexity index is 798. The highest BCUT2D eigenvalue weighted by Crippen LogP contribution is 2.30.